The molecule has 0 bridgehead atoms. The molecule has 9 heteroatoms. The molecular weight excluding hydrogens is 485 g/mol. The molecule has 1 aliphatic rings. The summed E-state index contributed by atoms with van der Waals surface area (Å²) in [6.07, 6.45) is 1.91. The van der Waals surface area contributed by atoms with E-state index in [1.165, 1.54) is 0 Å². The summed E-state index contributed by atoms with van der Waals surface area (Å²) >= 11 is 0. The first-order chi connectivity index (χ1) is 13.3. The molecule has 3 N–H and O–H groups in total. The molecule has 0 spiro atoms. The quantitative estimate of drug-likeness (QED) is 0.185. The second-order valence-corrected chi connectivity index (χ2v) is 8.10. The Morgan fingerprint density at radius 3 is 2.21 bits per heavy atom. The Morgan fingerprint density at radius 1 is 1.10 bits per heavy atom. The molecule has 0 aliphatic carbocycles. The van der Waals surface area contributed by atoms with Gasteiger partial charge in [-0.05, 0) is 26.7 Å². The van der Waals surface area contributed by atoms with Gasteiger partial charge < -0.3 is 25.4 Å². The van der Waals surface area contributed by atoms with Crippen molar-refractivity contribution in [2.24, 2.45) is 10.9 Å². The molecule has 29 heavy (non-hydrogen) atoms. The Labute approximate surface area is 194 Å². The molecule has 0 aromatic rings. The minimum atomic E-state index is -0.487. The minimum Gasteiger partial charge on any atom is -0.444 e. The van der Waals surface area contributed by atoms with E-state index >= 15 is 0 Å². The summed E-state index contributed by atoms with van der Waals surface area (Å²) in [5.41, 5.74) is -0.487. The number of guanidine groups is 1. The first-order valence-electron chi connectivity index (χ1n) is 10.5. The summed E-state index contributed by atoms with van der Waals surface area (Å²) in [6, 6.07) is 0.456. The second kappa shape index (κ2) is 15.1. The third-order valence-electron chi connectivity index (χ3n) is 4.90. The molecule has 1 amide bonds. The van der Waals surface area contributed by atoms with E-state index in [1.54, 1.807) is 7.05 Å². The van der Waals surface area contributed by atoms with Gasteiger partial charge in [0.25, 0.3) is 0 Å². The van der Waals surface area contributed by atoms with Gasteiger partial charge in [-0.1, -0.05) is 26.7 Å². The maximum Gasteiger partial charge on any atom is 0.407 e. The molecule has 0 aromatic heterocycles. The molecule has 1 atom stereocenters. The first kappa shape index (κ1) is 28.2. The predicted octanol–water partition coefficient (Wildman–Crippen LogP) is 2.43. The highest BCUT2D eigenvalue weighted by Crippen LogP contribution is 2.19. The van der Waals surface area contributed by atoms with Gasteiger partial charge in [0.1, 0.15) is 5.60 Å². The fourth-order valence-electron chi connectivity index (χ4n) is 3.42. The third-order valence-corrected chi connectivity index (χ3v) is 4.90. The van der Waals surface area contributed by atoms with Crippen molar-refractivity contribution in [2.45, 2.75) is 59.1 Å². The molecule has 1 unspecified atom stereocenters. The van der Waals surface area contributed by atoms with E-state index in [2.05, 4.69) is 39.7 Å². The molecule has 1 fully saturated rings. The van der Waals surface area contributed by atoms with Crippen LogP contribution in [-0.2, 0) is 9.47 Å². The van der Waals surface area contributed by atoms with Crippen LogP contribution in [0, 0.1) is 5.92 Å². The Hall–Kier alpha value is -0.810. The van der Waals surface area contributed by atoms with Crippen molar-refractivity contribution in [2.75, 3.05) is 53.0 Å². The highest BCUT2D eigenvalue weighted by Gasteiger charge is 2.27. The number of nitrogens with one attached hydrogen (secondary N) is 3. The number of morpholine rings is 1. The molecule has 1 heterocycles. The average Bonchev–Trinajstić information content (AvgIpc) is 2.65. The lowest BCUT2D eigenvalue weighted by atomic mass is 9.92. The van der Waals surface area contributed by atoms with E-state index in [1.807, 2.05) is 20.8 Å². The van der Waals surface area contributed by atoms with Crippen LogP contribution in [0.25, 0.3) is 0 Å². The van der Waals surface area contributed by atoms with Crippen molar-refractivity contribution in [1.82, 2.24) is 20.9 Å². The fraction of sp³-hybridized carbons (Fsp3) is 0.900. The molecule has 172 valence electrons. The number of carbonyl (C=O) groups excluding carboxylic acids is 1. The molecule has 1 aliphatic heterocycles. The zero-order chi connectivity index (χ0) is 21.0. The molecule has 8 nitrogen and oxygen atoms in total. The number of hydrogen-bond donors (Lipinski definition) is 3. The van der Waals surface area contributed by atoms with Gasteiger partial charge in [0.05, 0.1) is 13.2 Å². The summed E-state index contributed by atoms with van der Waals surface area (Å²) in [5, 5.41) is 9.44. The minimum absolute atomic E-state index is 0. The predicted molar refractivity (Wildman–Crippen MR) is 129 cm³/mol. The lowest BCUT2D eigenvalue weighted by molar-refractivity contribution is 0.00272. The maximum absolute atomic E-state index is 11.7. The van der Waals surface area contributed by atoms with Crippen LogP contribution in [0.1, 0.15) is 47.5 Å². The van der Waals surface area contributed by atoms with Crippen molar-refractivity contribution in [1.29, 1.82) is 0 Å². The lowest BCUT2D eigenvalue weighted by Gasteiger charge is -2.39. The van der Waals surface area contributed by atoms with Gasteiger partial charge in [-0.25, -0.2) is 4.79 Å². The van der Waals surface area contributed by atoms with Gasteiger partial charge in [0, 0.05) is 45.8 Å². The van der Waals surface area contributed by atoms with Crippen LogP contribution in [0.4, 0.5) is 4.79 Å². The van der Waals surface area contributed by atoms with Crippen LogP contribution in [0.5, 0.6) is 0 Å². The number of alkyl carbamates (subject to hydrolysis) is 1. The summed E-state index contributed by atoms with van der Waals surface area (Å²) in [6.45, 7) is 15.5. The summed E-state index contributed by atoms with van der Waals surface area (Å²) in [5.74, 6) is 1.38. The number of halogens is 1. The van der Waals surface area contributed by atoms with Crippen molar-refractivity contribution in [3.8, 4) is 0 Å². The van der Waals surface area contributed by atoms with Crippen molar-refractivity contribution < 1.29 is 14.3 Å². The number of nitrogens with zero attached hydrogens (tertiary/aromatic N) is 2. The Bertz CT molecular complexity index is 475. The zero-order valence-corrected chi connectivity index (χ0v) is 21.4. The zero-order valence-electron chi connectivity index (χ0n) is 19.0. The standard InChI is InChI=1S/C20H41N5O3.HI/c1-7-16(8-2)17(25-11-13-27-14-12-25)15-24-18(21-6)22-9-10-23-19(26)28-20(3,4)5;/h16-17H,7-15H2,1-6H3,(H,23,26)(H2,21,22,24);1H. The normalized spacial score (nSPS) is 16.7. The lowest BCUT2D eigenvalue weighted by Crippen LogP contribution is -2.53. The molecule has 0 saturated carbocycles. The van der Waals surface area contributed by atoms with E-state index in [4.69, 9.17) is 9.47 Å². The van der Waals surface area contributed by atoms with E-state index < -0.39 is 11.7 Å². The van der Waals surface area contributed by atoms with Gasteiger partial charge in [-0.3, -0.25) is 9.89 Å². The SMILES string of the molecule is CCC(CC)C(CNC(=NC)NCCNC(=O)OC(C)(C)C)N1CCOCC1.I. The van der Waals surface area contributed by atoms with Crippen molar-refractivity contribution >= 4 is 36.0 Å². The Morgan fingerprint density at radius 2 is 1.69 bits per heavy atom. The number of amides is 1. The molecule has 1 rings (SSSR count). The van der Waals surface area contributed by atoms with E-state index in [9.17, 15) is 4.79 Å². The number of carbonyl (C=O) groups is 1. The molecule has 0 aromatic carbocycles. The van der Waals surface area contributed by atoms with Gasteiger partial charge >= 0.3 is 6.09 Å². The highest BCUT2D eigenvalue weighted by atomic mass is 127. The number of hydrogen-bond acceptors (Lipinski definition) is 5. The van der Waals surface area contributed by atoms with Crippen LogP contribution in [-0.4, -0.2) is 81.6 Å². The van der Waals surface area contributed by atoms with Gasteiger partial charge in [-0.15, -0.1) is 24.0 Å². The molecule has 0 radical (unpaired) electrons. The van der Waals surface area contributed by atoms with Crippen molar-refractivity contribution in [3.05, 3.63) is 0 Å². The third kappa shape index (κ3) is 11.8. The van der Waals surface area contributed by atoms with Crippen molar-refractivity contribution in [3.63, 3.8) is 0 Å². The molecule has 1 saturated heterocycles. The van der Waals surface area contributed by atoms with E-state index in [0.717, 1.165) is 51.6 Å². The van der Waals surface area contributed by atoms with Crippen LogP contribution in [0.2, 0.25) is 0 Å². The second-order valence-electron chi connectivity index (χ2n) is 8.10. The average molecular weight is 527 g/mol. The first-order valence-corrected chi connectivity index (χ1v) is 10.5. The maximum atomic E-state index is 11.7. The largest absolute Gasteiger partial charge is 0.444 e. The summed E-state index contributed by atoms with van der Waals surface area (Å²) < 4.78 is 10.7. The Balaban J connectivity index is 0.00000784. The van der Waals surface area contributed by atoms with Gasteiger partial charge in [0.2, 0.25) is 0 Å². The number of rotatable bonds is 9. The monoisotopic (exact) mass is 527 g/mol. The number of aliphatic imine (C=N–C) groups is 1. The van der Waals surface area contributed by atoms with Crippen LogP contribution >= 0.6 is 24.0 Å². The summed E-state index contributed by atoms with van der Waals surface area (Å²) in [7, 11) is 1.76. The Kier molecular flexibility index (Phi) is 14.6. The van der Waals surface area contributed by atoms with Gasteiger partial charge in [-0.2, -0.15) is 0 Å². The highest BCUT2D eigenvalue weighted by molar-refractivity contribution is 14.0. The van der Waals surface area contributed by atoms with E-state index in [0.29, 0.717) is 25.0 Å². The van der Waals surface area contributed by atoms with Gasteiger partial charge in [0.15, 0.2) is 5.96 Å². The van der Waals surface area contributed by atoms with Crippen LogP contribution in [0.3, 0.4) is 0 Å². The fourth-order valence-corrected chi connectivity index (χ4v) is 3.42. The van der Waals surface area contributed by atoms with E-state index in [-0.39, 0.29) is 24.0 Å². The topological polar surface area (TPSA) is 87.2 Å². The van der Waals surface area contributed by atoms with Crippen LogP contribution in [0.15, 0.2) is 4.99 Å². The summed E-state index contributed by atoms with van der Waals surface area (Å²) in [4.78, 5) is 18.5. The molecular formula is C20H42IN5O3. The number of ether oxygens (including phenoxy) is 2. The van der Waals surface area contributed by atoms with Crippen LogP contribution < -0.4 is 16.0 Å². The smallest absolute Gasteiger partial charge is 0.407 e.